The molecule has 2 N–H and O–H groups in total. The Labute approximate surface area is 113 Å². The smallest absolute Gasteiger partial charge is 0.148 e. The number of nitrogens with zero attached hydrogens (tertiary/aromatic N) is 1. The molecule has 2 aromatic rings. The molecule has 0 spiro atoms. The summed E-state index contributed by atoms with van der Waals surface area (Å²) >= 11 is 3.33. The molecule has 0 atom stereocenters. The molecule has 96 valence electrons. The van der Waals surface area contributed by atoms with E-state index in [1.165, 1.54) is 12.1 Å². The fraction of sp³-hybridized carbons (Fsp3) is 0.250. The molecule has 0 bridgehead atoms. The van der Waals surface area contributed by atoms with E-state index in [0.717, 1.165) is 17.1 Å². The van der Waals surface area contributed by atoms with Gasteiger partial charge in [-0.25, -0.2) is 4.39 Å². The fourth-order valence-corrected chi connectivity index (χ4v) is 2.10. The van der Waals surface area contributed by atoms with Crippen LogP contribution in [0.2, 0.25) is 0 Å². The van der Waals surface area contributed by atoms with E-state index < -0.39 is 0 Å². The highest BCUT2D eigenvalue weighted by Crippen LogP contribution is 2.28. The molecule has 0 saturated heterocycles. The van der Waals surface area contributed by atoms with Crippen LogP contribution >= 0.6 is 15.9 Å². The summed E-state index contributed by atoms with van der Waals surface area (Å²) in [6, 6.07) is 6.41. The lowest BCUT2D eigenvalue weighted by Gasteiger charge is -2.01. The molecule has 6 heteroatoms. The summed E-state index contributed by atoms with van der Waals surface area (Å²) in [5, 5.41) is 10.1. The second-order valence-corrected chi connectivity index (χ2v) is 4.56. The molecule has 1 heterocycles. The van der Waals surface area contributed by atoms with Gasteiger partial charge in [-0.15, -0.1) is 0 Å². The van der Waals surface area contributed by atoms with Gasteiger partial charge in [-0.05, 0) is 34.1 Å². The van der Waals surface area contributed by atoms with Crippen LogP contribution in [0.1, 0.15) is 0 Å². The SMILES string of the molecule is COCCNc1cc(-c2ccc(F)cc2Br)[nH]n1. The monoisotopic (exact) mass is 313 g/mol. The van der Waals surface area contributed by atoms with Crippen LogP contribution in [0.4, 0.5) is 10.2 Å². The Hall–Kier alpha value is -1.40. The van der Waals surface area contributed by atoms with E-state index in [2.05, 4.69) is 31.4 Å². The summed E-state index contributed by atoms with van der Waals surface area (Å²) in [5.74, 6) is 0.460. The van der Waals surface area contributed by atoms with Crippen LogP contribution in [0.25, 0.3) is 11.3 Å². The third-order valence-corrected chi connectivity index (χ3v) is 3.07. The lowest BCUT2D eigenvalue weighted by molar-refractivity contribution is 0.210. The third-order valence-electron chi connectivity index (χ3n) is 2.41. The maximum absolute atomic E-state index is 13.0. The molecule has 1 aromatic carbocycles. The lowest BCUT2D eigenvalue weighted by atomic mass is 10.1. The van der Waals surface area contributed by atoms with Crippen LogP contribution in [0.15, 0.2) is 28.7 Å². The third kappa shape index (κ3) is 3.08. The van der Waals surface area contributed by atoms with Gasteiger partial charge >= 0.3 is 0 Å². The summed E-state index contributed by atoms with van der Waals surface area (Å²) in [6.45, 7) is 1.30. The Morgan fingerprint density at radius 3 is 3.00 bits per heavy atom. The van der Waals surface area contributed by atoms with Gasteiger partial charge in [0.05, 0.1) is 12.3 Å². The minimum atomic E-state index is -0.274. The predicted octanol–water partition coefficient (Wildman–Crippen LogP) is 3.04. The topological polar surface area (TPSA) is 49.9 Å². The number of aromatic nitrogens is 2. The van der Waals surface area contributed by atoms with Crippen molar-refractivity contribution in [3.8, 4) is 11.3 Å². The first-order chi connectivity index (χ1) is 8.70. The Kier molecular flexibility index (Phi) is 4.33. The van der Waals surface area contributed by atoms with Gasteiger partial charge in [0.25, 0.3) is 0 Å². The molecule has 0 fully saturated rings. The molecule has 18 heavy (non-hydrogen) atoms. The number of ether oxygens (including phenoxy) is 1. The van der Waals surface area contributed by atoms with E-state index in [0.29, 0.717) is 17.6 Å². The molecule has 0 saturated carbocycles. The largest absolute Gasteiger partial charge is 0.383 e. The maximum Gasteiger partial charge on any atom is 0.148 e. The number of halogens is 2. The van der Waals surface area contributed by atoms with Crippen LogP contribution in [-0.2, 0) is 4.74 Å². The number of methoxy groups -OCH3 is 1. The molecule has 0 unspecified atom stereocenters. The molecule has 0 aliphatic heterocycles. The molecule has 0 radical (unpaired) electrons. The van der Waals surface area contributed by atoms with Gasteiger partial charge in [-0.1, -0.05) is 0 Å². The second kappa shape index (κ2) is 5.97. The normalized spacial score (nSPS) is 10.6. The summed E-state index contributed by atoms with van der Waals surface area (Å²) in [6.07, 6.45) is 0. The first-order valence-electron chi connectivity index (χ1n) is 5.44. The predicted molar refractivity (Wildman–Crippen MR) is 72.0 cm³/mol. The van der Waals surface area contributed by atoms with Crippen molar-refractivity contribution in [3.63, 3.8) is 0 Å². The van der Waals surface area contributed by atoms with Gasteiger partial charge in [0.2, 0.25) is 0 Å². The summed E-state index contributed by atoms with van der Waals surface area (Å²) in [5.41, 5.74) is 1.69. The van der Waals surface area contributed by atoms with Crippen LogP contribution in [0, 0.1) is 5.82 Å². The molecule has 1 aromatic heterocycles. The van der Waals surface area contributed by atoms with E-state index >= 15 is 0 Å². The Morgan fingerprint density at radius 1 is 1.44 bits per heavy atom. The molecule has 0 aliphatic rings. The number of rotatable bonds is 5. The first kappa shape index (κ1) is 13.0. The van der Waals surface area contributed by atoms with E-state index in [1.54, 1.807) is 13.2 Å². The zero-order chi connectivity index (χ0) is 13.0. The number of hydrogen-bond acceptors (Lipinski definition) is 3. The van der Waals surface area contributed by atoms with Gasteiger partial charge in [-0.2, -0.15) is 5.10 Å². The average Bonchev–Trinajstić information content (AvgIpc) is 2.78. The van der Waals surface area contributed by atoms with Gasteiger partial charge in [0, 0.05) is 29.8 Å². The molecular formula is C12H13BrFN3O. The number of H-pyrrole nitrogens is 1. The molecule has 4 nitrogen and oxygen atoms in total. The van der Waals surface area contributed by atoms with Gasteiger partial charge in [0.15, 0.2) is 0 Å². The van der Waals surface area contributed by atoms with Gasteiger partial charge < -0.3 is 10.1 Å². The van der Waals surface area contributed by atoms with Crippen molar-refractivity contribution in [2.24, 2.45) is 0 Å². The van der Waals surface area contributed by atoms with Crippen molar-refractivity contribution in [2.75, 3.05) is 25.6 Å². The van der Waals surface area contributed by atoms with Crippen LogP contribution in [-0.4, -0.2) is 30.5 Å². The summed E-state index contributed by atoms with van der Waals surface area (Å²) in [7, 11) is 1.65. The van der Waals surface area contributed by atoms with Gasteiger partial charge in [0.1, 0.15) is 11.6 Å². The summed E-state index contributed by atoms with van der Waals surface area (Å²) in [4.78, 5) is 0. The first-order valence-corrected chi connectivity index (χ1v) is 6.23. The molecule has 0 amide bonds. The van der Waals surface area contributed by atoms with E-state index in [1.807, 2.05) is 6.07 Å². The molecule has 2 rings (SSSR count). The number of nitrogens with one attached hydrogen (secondary N) is 2. The Balaban J connectivity index is 2.13. The zero-order valence-corrected chi connectivity index (χ0v) is 11.4. The molecular weight excluding hydrogens is 301 g/mol. The van der Waals surface area contributed by atoms with Crippen molar-refractivity contribution >= 4 is 21.7 Å². The van der Waals surface area contributed by atoms with Crippen molar-refractivity contribution < 1.29 is 9.13 Å². The zero-order valence-electron chi connectivity index (χ0n) is 9.84. The Morgan fingerprint density at radius 2 is 2.28 bits per heavy atom. The van der Waals surface area contributed by atoms with Crippen LogP contribution in [0.3, 0.4) is 0 Å². The van der Waals surface area contributed by atoms with Crippen molar-refractivity contribution in [1.82, 2.24) is 10.2 Å². The van der Waals surface area contributed by atoms with E-state index in [9.17, 15) is 4.39 Å². The highest BCUT2D eigenvalue weighted by Gasteiger charge is 2.07. The van der Waals surface area contributed by atoms with E-state index in [4.69, 9.17) is 4.74 Å². The number of hydrogen-bond donors (Lipinski definition) is 2. The van der Waals surface area contributed by atoms with Crippen LogP contribution < -0.4 is 5.32 Å². The van der Waals surface area contributed by atoms with E-state index in [-0.39, 0.29) is 5.82 Å². The highest BCUT2D eigenvalue weighted by atomic mass is 79.9. The van der Waals surface area contributed by atoms with Crippen LogP contribution in [0.5, 0.6) is 0 Å². The lowest BCUT2D eigenvalue weighted by Crippen LogP contribution is -2.07. The minimum Gasteiger partial charge on any atom is -0.383 e. The van der Waals surface area contributed by atoms with Crippen molar-refractivity contribution in [1.29, 1.82) is 0 Å². The highest BCUT2D eigenvalue weighted by molar-refractivity contribution is 9.10. The van der Waals surface area contributed by atoms with Crippen molar-refractivity contribution in [3.05, 3.63) is 34.6 Å². The number of benzene rings is 1. The van der Waals surface area contributed by atoms with Crippen molar-refractivity contribution in [2.45, 2.75) is 0 Å². The number of aromatic amines is 1. The minimum absolute atomic E-state index is 0.274. The quantitative estimate of drug-likeness (QED) is 0.834. The Bertz CT molecular complexity index is 530. The average molecular weight is 314 g/mol. The number of anilines is 1. The second-order valence-electron chi connectivity index (χ2n) is 3.71. The van der Waals surface area contributed by atoms with Gasteiger partial charge in [-0.3, -0.25) is 5.10 Å². The standard InChI is InChI=1S/C12H13BrFN3O/c1-18-5-4-15-12-7-11(16-17-12)9-3-2-8(14)6-10(9)13/h2-3,6-7H,4-5H2,1H3,(H2,15,16,17). The summed E-state index contributed by atoms with van der Waals surface area (Å²) < 4.78 is 18.6. The maximum atomic E-state index is 13.0. The fourth-order valence-electron chi connectivity index (χ4n) is 1.54. The molecule has 0 aliphatic carbocycles.